The molecule has 0 aromatic carbocycles. The molecule has 0 aliphatic rings. The van der Waals surface area contributed by atoms with Crippen LogP contribution in [0.3, 0.4) is 0 Å². The first-order chi connectivity index (χ1) is 6.89. The first kappa shape index (κ1) is 12.2. The molecule has 0 amide bonds. The van der Waals surface area contributed by atoms with Crippen molar-refractivity contribution in [1.82, 2.24) is 20.3 Å². The Labute approximate surface area is 92.1 Å². The number of hydrogen-bond acceptors (Lipinski definition) is 3. The Morgan fingerprint density at radius 2 is 2.07 bits per heavy atom. The van der Waals surface area contributed by atoms with Crippen molar-refractivity contribution in [3.8, 4) is 0 Å². The summed E-state index contributed by atoms with van der Waals surface area (Å²) < 4.78 is 1.90. The molecule has 0 saturated heterocycles. The molecule has 0 bridgehead atoms. The van der Waals surface area contributed by atoms with E-state index < -0.39 is 0 Å². The molecule has 4 nitrogen and oxygen atoms in total. The van der Waals surface area contributed by atoms with Crippen molar-refractivity contribution in [2.75, 3.05) is 6.54 Å². The third-order valence-corrected chi connectivity index (χ3v) is 2.09. The minimum absolute atomic E-state index is 0.0172. The largest absolute Gasteiger partial charge is 0.311 e. The van der Waals surface area contributed by atoms with Crippen LogP contribution in [0.15, 0.2) is 6.20 Å². The molecule has 15 heavy (non-hydrogen) atoms. The Kier molecular flexibility index (Phi) is 3.85. The average molecular weight is 210 g/mol. The van der Waals surface area contributed by atoms with E-state index in [4.69, 9.17) is 0 Å². The minimum Gasteiger partial charge on any atom is -0.311 e. The fraction of sp³-hybridized carbons (Fsp3) is 0.818. The van der Waals surface area contributed by atoms with E-state index in [-0.39, 0.29) is 5.54 Å². The van der Waals surface area contributed by atoms with Gasteiger partial charge < -0.3 is 5.32 Å². The monoisotopic (exact) mass is 210 g/mol. The lowest BCUT2D eigenvalue weighted by molar-refractivity contribution is 0.347. The average Bonchev–Trinajstić information content (AvgIpc) is 2.51. The highest BCUT2D eigenvalue weighted by Crippen LogP contribution is 2.11. The summed E-state index contributed by atoms with van der Waals surface area (Å²) in [5.41, 5.74) is 1.02. The fourth-order valence-corrected chi connectivity index (χ4v) is 1.20. The molecule has 1 rings (SSSR count). The molecule has 0 unspecified atom stereocenters. The molecule has 1 aromatic heterocycles. The van der Waals surface area contributed by atoms with E-state index in [2.05, 4.69) is 50.2 Å². The second-order valence-corrected chi connectivity index (χ2v) is 5.35. The van der Waals surface area contributed by atoms with Gasteiger partial charge in [-0.15, -0.1) is 5.10 Å². The van der Waals surface area contributed by atoms with Crippen LogP contribution in [0, 0.1) is 5.92 Å². The molecule has 0 saturated carbocycles. The van der Waals surface area contributed by atoms with Gasteiger partial charge in [0.15, 0.2) is 0 Å². The molecule has 1 aromatic rings. The summed E-state index contributed by atoms with van der Waals surface area (Å²) in [4.78, 5) is 0. The van der Waals surface area contributed by atoms with Crippen molar-refractivity contribution in [3.63, 3.8) is 0 Å². The van der Waals surface area contributed by atoms with Crippen LogP contribution < -0.4 is 5.32 Å². The summed E-state index contributed by atoms with van der Waals surface area (Å²) >= 11 is 0. The van der Waals surface area contributed by atoms with Crippen LogP contribution in [0.4, 0.5) is 0 Å². The normalized spacial score (nSPS) is 12.4. The second kappa shape index (κ2) is 4.75. The van der Waals surface area contributed by atoms with Crippen LogP contribution >= 0.6 is 0 Å². The van der Waals surface area contributed by atoms with Crippen molar-refractivity contribution < 1.29 is 0 Å². The van der Waals surface area contributed by atoms with Gasteiger partial charge in [-0.25, -0.2) is 4.68 Å². The zero-order valence-electron chi connectivity index (χ0n) is 10.4. The Bertz CT molecular complexity index is 296. The molecule has 0 fully saturated rings. The number of nitrogens with zero attached hydrogens (tertiary/aromatic N) is 3. The maximum atomic E-state index is 4.13. The standard InChI is InChI=1S/C11H22N4/c1-9(2)6-12-7-10-8-15(14-13-10)11(3,4)5/h8-9,12H,6-7H2,1-5H3. The smallest absolute Gasteiger partial charge is 0.0965 e. The highest BCUT2D eigenvalue weighted by molar-refractivity contribution is 4.93. The van der Waals surface area contributed by atoms with Gasteiger partial charge in [0.05, 0.1) is 17.4 Å². The zero-order valence-corrected chi connectivity index (χ0v) is 10.4. The van der Waals surface area contributed by atoms with Gasteiger partial charge in [0.25, 0.3) is 0 Å². The van der Waals surface area contributed by atoms with Crippen LogP contribution in [-0.4, -0.2) is 21.5 Å². The van der Waals surface area contributed by atoms with Gasteiger partial charge in [-0.3, -0.25) is 0 Å². The first-order valence-electron chi connectivity index (χ1n) is 5.52. The second-order valence-electron chi connectivity index (χ2n) is 5.35. The van der Waals surface area contributed by atoms with Crippen LogP contribution in [0.2, 0.25) is 0 Å². The Hall–Kier alpha value is -0.900. The lowest BCUT2D eigenvalue weighted by Gasteiger charge is -2.17. The third-order valence-electron chi connectivity index (χ3n) is 2.09. The molecule has 1 N–H and O–H groups in total. The van der Waals surface area contributed by atoms with Gasteiger partial charge in [-0.1, -0.05) is 19.1 Å². The van der Waals surface area contributed by atoms with E-state index >= 15 is 0 Å². The van der Waals surface area contributed by atoms with Crippen molar-refractivity contribution in [2.45, 2.75) is 46.7 Å². The minimum atomic E-state index is 0.0172. The highest BCUT2D eigenvalue weighted by Gasteiger charge is 2.14. The van der Waals surface area contributed by atoms with Crippen LogP contribution in [0.5, 0.6) is 0 Å². The fourth-order valence-electron chi connectivity index (χ4n) is 1.20. The van der Waals surface area contributed by atoms with E-state index in [0.29, 0.717) is 5.92 Å². The lowest BCUT2D eigenvalue weighted by Crippen LogP contribution is -2.22. The Morgan fingerprint density at radius 1 is 1.40 bits per heavy atom. The van der Waals surface area contributed by atoms with Gasteiger partial charge in [0, 0.05) is 6.54 Å². The summed E-state index contributed by atoms with van der Waals surface area (Å²) in [6.07, 6.45) is 2.01. The zero-order chi connectivity index (χ0) is 11.5. The Balaban J connectivity index is 2.47. The quantitative estimate of drug-likeness (QED) is 0.823. The molecule has 4 heteroatoms. The SMILES string of the molecule is CC(C)CNCc1cn(C(C)(C)C)nn1. The van der Waals surface area contributed by atoms with Crippen LogP contribution in [0.1, 0.15) is 40.3 Å². The molecule has 86 valence electrons. The van der Waals surface area contributed by atoms with Gasteiger partial charge in [0.1, 0.15) is 0 Å². The first-order valence-corrected chi connectivity index (χ1v) is 5.52. The summed E-state index contributed by atoms with van der Waals surface area (Å²) in [5.74, 6) is 0.669. The Morgan fingerprint density at radius 3 is 2.53 bits per heavy atom. The van der Waals surface area contributed by atoms with Crippen molar-refractivity contribution in [3.05, 3.63) is 11.9 Å². The molecule has 0 aliphatic heterocycles. The molecule has 0 aliphatic carbocycles. The van der Waals surface area contributed by atoms with Crippen molar-refractivity contribution in [1.29, 1.82) is 0 Å². The van der Waals surface area contributed by atoms with E-state index in [1.165, 1.54) is 0 Å². The summed E-state index contributed by atoms with van der Waals surface area (Å²) in [6, 6.07) is 0. The number of rotatable bonds is 4. The van der Waals surface area contributed by atoms with E-state index in [9.17, 15) is 0 Å². The third kappa shape index (κ3) is 4.00. The summed E-state index contributed by atoms with van der Waals surface area (Å²) in [7, 11) is 0. The number of hydrogen-bond donors (Lipinski definition) is 1. The van der Waals surface area contributed by atoms with Gasteiger partial charge >= 0.3 is 0 Å². The summed E-state index contributed by atoms with van der Waals surface area (Å²) in [6.45, 7) is 12.6. The predicted octanol–water partition coefficient (Wildman–Crippen LogP) is 1.78. The van der Waals surface area contributed by atoms with Gasteiger partial charge in [-0.2, -0.15) is 0 Å². The maximum Gasteiger partial charge on any atom is 0.0965 e. The van der Waals surface area contributed by atoms with Crippen LogP contribution in [-0.2, 0) is 12.1 Å². The van der Waals surface area contributed by atoms with E-state index in [1.807, 2.05) is 10.9 Å². The van der Waals surface area contributed by atoms with Gasteiger partial charge in [0.2, 0.25) is 0 Å². The lowest BCUT2D eigenvalue weighted by atomic mass is 10.1. The number of nitrogens with one attached hydrogen (secondary N) is 1. The molecule has 0 radical (unpaired) electrons. The van der Waals surface area contributed by atoms with Crippen molar-refractivity contribution >= 4 is 0 Å². The summed E-state index contributed by atoms with van der Waals surface area (Å²) in [5, 5.41) is 11.6. The van der Waals surface area contributed by atoms with E-state index in [0.717, 1.165) is 18.8 Å². The van der Waals surface area contributed by atoms with Crippen molar-refractivity contribution in [2.24, 2.45) is 5.92 Å². The molecular weight excluding hydrogens is 188 g/mol. The van der Waals surface area contributed by atoms with E-state index in [1.54, 1.807) is 0 Å². The molecule has 1 heterocycles. The van der Waals surface area contributed by atoms with Gasteiger partial charge in [-0.05, 0) is 33.2 Å². The molecular formula is C11H22N4. The predicted molar refractivity (Wildman–Crippen MR) is 61.6 cm³/mol. The number of aromatic nitrogens is 3. The maximum absolute atomic E-state index is 4.13. The van der Waals surface area contributed by atoms with Crippen LogP contribution in [0.25, 0.3) is 0 Å². The highest BCUT2D eigenvalue weighted by atomic mass is 15.4. The topological polar surface area (TPSA) is 42.7 Å². The molecule has 0 spiro atoms. The molecule has 0 atom stereocenters.